The van der Waals surface area contributed by atoms with Gasteiger partial charge in [-0.25, -0.2) is 0 Å². The van der Waals surface area contributed by atoms with E-state index in [1.807, 2.05) is 18.2 Å². The number of fused-ring (bicyclic) bond motifs is 2. The molecule has 1 heterocycles. The molecular formula is C26H30O4. The van der Waals surface area contributed by atoms with Gasteiger partial charge in [0, 0.05) is 17.5 Å². The molecule has 5 rings (SSSR count). The van der Waals surface area contributed by atoms with Crippen LogP contribution in [0.3, 0.4) is 0 Å². The molecule has 1 saturated carbocycles. The monoisotopic (exact) mass is 406 g/mol. The molecule has 2 aromatic carbocycles. The van der Waals surface area contributed by atoms with Crippen LogP contribution in [0.1, 0.15) is 86.1 Å². The largest absolute Gasteiger partial charge is 0.492 e. The summed E-state index contributed by atoms with van der Waals surface area (Å²) in [5.74, 6) is 1.34. The van der Waals surface area contributed by atoms with Gasteiger partial charge in [0.15, 0.2) is 0 Å². The highest BCUT2D eigenvalue weighted by Crippen LogP contribution is 2.51. The van der Waals surface area contributed by atoms with Gasteiger partial charge in [-0.05, 0) is 59.8 Å². The number of rotatable bonds is 5. The van der Waals surface area contributed by atoms with Gasteiger partial charge in [0.1, 0.15) is 17.6 Å². The van der Waals surface area contributed by atoms with Crippen molar-refractivity contribution < 1.29 is 19.4 Å². The van der Waals surface area contributed by atoms with Crippen LogP contribution in [-0.2, 0) is 11.2 Å². The second kappa shape index (κ2) is 7.33. The fourth-order valence-corrected chi connectivity index (χ4v) is 5.87. The van der Waals surface area contributed by atoms with Crippen molar-refractivity contribution in [3.63, 3.8) is 0 Å². The van der Waals surface area contributed by atoms with Crippen LogP contribution in [-0.4, -0.2) is 17.7 Å². The van der Waals surface area contributed by atoms with Crippen LogP contribution in [0.4, 0.5) is 0 Å². The van der Waals surface area contributed by atoms with Crippen LogP contribution in [0.25, 0.3) is 0 Å². The SMILES string of the molecule is CC1(C)CCCC1c1cccc2c1CC[C@H]2Oc1ccc2c(c1)OCC2CC(=O)O. The Bertz CT molecular complexity index is 977. The molecule has 2 unspecified atom stereocenters. The van der Waals surface area contributed by atoms with Gasteiger partial charge in [0.05, 0.1) is 13.0 Å². The first kappa shape index (κ1) is 19.5. The molecule has 0 radical (unpaired) electrons. The fourth-order valence-electron chi connectivity index (χ4n) is 5.87. The van der Waals surface area contributed by atoms with Crippen molar-refractivity contribution in [3.05, 3.63) is 58.7 Å². The fraction of sp³-hybridized carbons (Fsp3) is 0.500. The van der Waals surface area contributed by atoms with Crippen molar-refractivity contribution >= 4 is 5.97 Å². The van der Waals surface area contributed by atoms with E-state index >= 15 is 0 Å². The van der Waals surface area contributed by atoms with Gasteiger partial charge >= 0.3 is 5.97 Å². The second-order valence-electron chi connectivity index (χ2n) is 9.80. The van der Waals surface area contributed by atoms with Crippen LogP contribution in [0.2, 0.25) is 0 Å². The number of carboxylic acids is 1. The molecule has 3 aliphatic rings. The summed E-state index contributed by atoms with van der Waals surface area (Å²) in [7, 11) is 0. The van der Waals surface area contributed by atoms with Crippen LogP contribution in [0.5, 0.6) is 11.5 Å². The predicted molar refractivity (Wildman–Crippen MR) is 115 cm³/mol. The average molecular weight is 407 g/mol. The molecule has 4 nitrogen and oxygen atoms in total. The van der Waals surface area contributed by atoms with Crippen molar-refractivity contribution in [2.24, 2.45) is 5.41 Å². The quantitative estimate of drug-likeness (QED) is 0.662. The second-order valence-corrected chi connectivity index (χ2v) is 9.80. The van der Waals surface area contributed by atoms with Crippen molar-refractivity contribution in [2.75, 3.05) is 6.61 Å². The lowest BCUT2D eigenvalue weighted by molar-refractivity contribution is -0.137. The summed E-state index contributed by atoms with van der Waals surface area (Å²) in [4.78, 5) is 11.1. The third-order valence-corrected chi connectivity index (χ3v) is 7.45. The summed E-state index contributed by atoms with van der Waals surface area (Å²) in [6.07, 6.45) is 6.15. The van der Waals surface area contributed by atoms with Crippen LogP contribution >= 0.6 is 0 Å². The van der Waals surface area contributed by atoms with Crippen molar-refractivity contribution in [2.45, 2.75) is 70.3 Å². The molecule has 3 atom stereocenters. The highest BCUT2D eigenvalue weighted by Gasteiger charge is 2.38. The summed E-state index contributed by atoms with van der Waals surface area (Å²) in [5.41, 5.74) is 5.72. The maximum absolute atomic E-state index is 11.1. The van der Waals surface area contributed by atoms with E-state index in [9.17, 15) is 4.79 Å². The van der Waals surface area contributed by atoms with Crippen LogP contribution in [0, 0.1) is 5.41 Å². The molecule has 0 saturated heterocycles. The normalized spacial score (nSPS) is 26.1. The van der Waals surface area contributed by atoms with Crippen LogP contribution < -0.4 is 9.47 Å². The number of benzene rings is 2. The van der Waals surface area contributed by atoms with Gasteiger partial charge in [-0.3, -0.25) is 4.79 Å². The Morgan fingerprint density at radius 3 is 2.77 bits per heavy atom. The molecule has 0 amide bonds. The maximum Gasteiger partial charge on any atom is 0.304 e. The number of carbonyl (C=O) groups is 1. The Kier molecular flexibility index (Phi) is 4.76. The zero-order chi connectivity index (χ0) is 20.9. The van der Waals surface area contributed by atoms with E-state index in [4.69, 9.17) is 14.6 Å². The Balaban J connectivity index is 1.37. The lowest BCUT2D eigenvalue weighted by Gasteiger charge is -2.29. The van der Waals surface area contributed by atoms with Crippen molar-refractivity contribution in [1.82, 2.24) is 0 Å². The summed E-state index contributed by atoms with van der Waals surface area (Å²) < 4.78 is 12.2. The molecule has 158 valence electrons. The molecule has 30 heavy (non-hydrogen) atoms. The van der Waals surface area contributed by atoms with Gasteiger partial charge in [-0.15, -0.1) is 0 Å². The maximum atomic E-state index is 11.1. The summed E-state index contributed by atoms with van der Waals surface area (Å²) in [6, 6.07) is 12.6. The van der Waals surface area contributed by atoms with Crippen molar-refractivity contribution in [1.29, 1.82) is 0 Å². The van der Waals surface area contributed by atoms with Crippen LogP contribution in [0.15, 0.2) is 36.4 Å². The summed E-state index contributed by atoms with van der Waals surface area (Å²) in [5, 5.41) is 9.09. The third-order valence-electron chi connectivity index (χ3n) is 7.45. The standard InChI is InChI=1S/C26H30O4/c1-26(2)12-4-7-22(26)20-5-3-6-21-19(20)10-11-23(21)30-17-8-9-18-16(13-25(27)28)15-29-24(18)14-17/h3,5-6,8-9,14,16,22-23H,4,7,10-13,15H2,1-2H3,(H,27,28)/t16?,22?,23-/m1/s1. The van der Waals surface area contributed by atoms with Gasteiger partial charge in [-0.2, -0.15) is 0 Å². The first-order chi connectivity index (χ1) is 14.4. The molecule has 1 aliphatic heterocycles. The van der Waals surface area contributed by atoms with E-state index in [0.29, 0.717) is 17.9 Å². The molecular weight excluding hydrogens is 376 g/mol. The van der Waals surface area contributed by atoms with Gasteiger partial charge in [-0.1, -0.05) is 44.5 Å². The molecule has 2 aromatic rings. The smallest absolute Gasteiger partial charge is 0.304 e. The number of hydrogen-bond acceptors (Lipinski definition) is 3. The van der Waals surface area contributed by atoms with Gasteiger partial charge in [0.2, 0.25) is 0 Å². The lowest BCUT2D eigenvalue weighted by Crippen LogP contribution is -2.17. The third kappa shape index (κ3) is 3.36. The van der Waals surface area contributed by atoms with E-state index in [1.165, 1.54) is 36.0 Å². The highest BCUT2D eigenvalue weighted by atomic mass is 16.5. The minimum absolute atomic E-state index is 0.0683. The lowest BCUT2D eigenvalue weighted by atomic mass is 9.76. The van der Waals surface area contributed by atoms with Crippen molar-refractivity contribution in [3.8, 4) is 11.5 Å². The van der Waals surface area contributed by atoms with E-state index in [1.54, 1.807) is 0 Å². The number of ether oxygens (including phenoxy) is 2. The number of carboxylic acid groups (broad SMARTS) is 1. The van der Waals surface area contributed by atoms with Gasteiger partial charge in [0.25, 0.3) is 0 Å². The summed E-state index contributed by atoms with van der Waals surface area (Å²) in [6.45, 7) is 5.25. The first-order valence-corrected chi connectivity index (χ1v) is 11.2. The van der Waals surface area contributed by atoms with E-state index < -0.39 is 5.97 Å². The van der Waals surface area contributed by atoms with Gasteiger partial charge < -0.3 is 14.6 Å². The first-order valence-electron chi connectivity index (χ1n) is 11.2. The van der Waals surface area contributed by atoms with E-state index in [0.717, 1.165) is 29.9 Å². The zero-order valence-electron chi connectivity index (χ0n) is 17.8. The molecule has 2 aliphatic carbocycles. The number of aliphatic carboxylic acids is 1. The molecule has 4 heteroatoms. The molecule has 0 aromatic heterocycles. The van der Waals surface area contributed by atoms with E-state index in [-0.39, 0.29) is 18.4 Å². The molecule has 0 bridgehead atoms. The Labute approximate surface area is 178 Å². The average Bonchev–Trinajstić information content (AvgIpc) is 3.39. The molecule has 0 spiro atoms. The minimum Gasteiger partial charge on any atom is -0.492 e. The summed E-state index contributed by atoms with van der Waals surface area (Å²) >= 11 is 0. The number of hydrogen-bond donors (Lipinski definition) is 1. The molecule has 1 N–H and O–H groups in total. The van der Waals surface area contributed by atoms with E-state index in [2.05, 4.69) is 32.0 Å². The Morgan fingerprint density at radius 1 is 1.17 bits per heavy atom. The predicted octanol–water partition coefficient (Wildman–Crippen LogP) is 6.00. The topological polar surface area (TPSA) is 55.8 Å². The Hall–Kier alpha value is -2.49. The molecule has 1 fully saturated rings. The zero-order valence-corrected chi connectivity index (χ0v) is 17.8. The Morgan fingerprint density at radius 2 is 2.00 bits per heavy atom. The minimum atomic E-state index is -0.791. The highest BCUT2D eigenvalue weighted by molar-refractivity contribution is 5.68.